The van der Waals surface area contributed by atoms with E-state index < -0.39 is 0 Å². The number of pyridine rings is 1. The predicted octanol–water partition coefficient (Wildman–Crippen LogP) is 4.74. The van der Waals surface area contributed by atoms with E-state index in [0.717, 1.165) is 61.4 Å². The van der Waals surface area contributed by atoms with E-state index in [9.17, 15) is 9.59 Å². The van der Waals surface area contributed by atoms with Crippen molar-refractivity contribution in [2.24, 2.45) is 0 Å². The Hall–Kier alpha value is -2.11. The zero-order valence-electron chi connectivity index (χ0n) is 19.1. The first-order valence-corrected chi connectivity index (χ1v) is 11.7. The number of aromatic amines is 1. The summed E-state index contributed by atoms with van der Waals surface area (Å²) in [4.78, 5) is 30.8. The smallest absolute Gasteiger partial charge is 0.251 e. The summed E-state index contributed by atoms with van der Waals surface area (Å²) in [6.45, 7) is 11.0. The number of aromatic nitrogens is 1. The van der Waals surface area contributed by atoms with E-state index in [0.29, 0.717) is 28.6 Å². The standard InChI is InChI=1S/C25H34ClN3O2/c1-5-12-29(20-8-10-27-11-9-20)23-15-19(26)14-22(18(23)4)24(30)7-6-21-16(2)13-17(3)28-25(21)31/h13-15,20,27H,5-12H2,1-4H3,(H,28,31). The van der Waals surface area contributed by atoms with Crippen LogP contribution in [0.15, 0.2) is 23.0 Å². The van der Waals surface area contributed by atoms with Crippen LogP contribution in [0.5, 0.6) is 0 Å². The van der Waals surface area contributed by atoms with E-state index >= 15 is 0 Å². The predicted molar refractivity (Wildman–Crippen MR) is 129 cm³/mol. The summed E-state index contributed by atoms with van der Waals surface area (Å²) in [5.74, 6) is 0.0300. The third kappa shape index (κ3) is 5.58. The Labute approximate surface area is 190 Å². The Morgan fingerprint density at radius 2 is 1.87 bits per heavy atom. The van der Waals surface area contributed by atoms with Gasteiger partial charge in [-0.05, 0) is 88.9 Å². The monoisotopic (exact) mass is 443 g/mol. The number of carbonyl (C=O) groups excluding carboxylic acids is 1. The van der Waals surface area contributed by atoms with Crippen molar-refractivity contribution in [2.75, 3.05) is 24.5 Å². The van der Waals surface area contributed by atoms with Gasteiger partial charge in [-0.1, -0.05) is 18.5 Å². The van der Waals surface area contributed by atoms with Crippen LogP contribution in [0.2, 0.25) is 5.02 Å². The Balaban J connectivity index is 1.87. The van der Waals surface area contributed by atoms with Gasteiger partial charge in [0.25, 0.3) is 5.56 Å². The third-order valence-corrected chi connectivity index (χ3v) is 6.48. The molecule has 3 rings (SSSR count). The lowest BCUT2D eigenvalue weighted by atomic mass is 9.95. The zero-order valence-corrected chi connectivity index (χ0v) is 19.9. The molecule has 1 aliphatic rings. The van der Waals surface area contributed by atoms with Gasteiger partial charge in [0.1, 0.15) is 0 Å². The summed E-state index contributed by atoms with van der Waals surface area (Å²) in [6, 6.07) is 6.18. The fourth-order valence-electron chi connectivity index (χ4n) is 4.68. The minimum atomic E-state index is -0.103. The van der Waals surface area contributed by atoms with E-state index in [1.807, 2.05) is 32.9 Å². The number of carbonyl (C=O) groups is 1. The molecular formula is C25H34ClN3O2. The highest BCUT2D eigenvalue weighted by molar-refractivity contribution is 6.31. The molecule has 1 fully saturated rings. The number of rotatable bonds is 8. The molecule has 0 spiro atoms. The first-order valence-electron chi connectivity index (χ1n) is 11.3. The molecule has 0 saturated carbocycles. The molecule has 1 saturated heterocycles. The number of aryl methyl sites for hydroxylation is 2. The van der Waals surface area contributed by atoms with Crippen molar-refractivity contribution >= 4 is 23.1 Å². The largest absolute Gasteiger partial charge is 0.368 e. The molecule has 0 amide bonds. The van der Waals surface area contributed by atoms with Crippen LogP contribution >= 0.6 is 11.6 Å². The molecule has 6 heteroatoms. The van der Waals surface area contributed by atoms with Gasteiger partial charge in [0.2, 0.25) is 0 Å². The normalized spacial score (nSPS) is 14.6. The van der Waals surface area contributed by atoms with Gasteiger partial charge >= 0.3 is 0 Å². The maximum absolute atomic E-state index is 13.2. The number of hydrogen-bond acceptors (Lipinski definition) is 4. The van der Waals surface area contributed by atoms with Crippen molar-refractivity contribution < 1.29 is 4.79 Å². The summed E-state index contributed by atoms with van der Waals surface area (Å²) >= 11 is 6.49. The molecule has 2 aromatic rings. The van der Waals surface area contributed by atoms with Crippen LogP contribution in [0.3, 0.4) is 0 Å². The number of ketones is 1. The van der Waals surface area contributed by atoms with Gasteiger partial charge < -0.3 is 15.2 Å². The number of halogens is 1. The van der Waals surface area contributed by atoms with Gasteiger partial charge in [-0.25, -0.2) is 0 Å². The minimum Gasteiger partial charge on any atom is -0.368 e. The Morgan fingerprint density at radius 3 is 2.52 bits per heavy atom. The van der Waals surface area contributed by atoms with Crippen molar-refractivity contribution in [1.82, 2.24) is 10.3 Å². The van der Waals surface area contributed by atoms with Crippen molar-refractivity contribution in [3.63, 3.8) is 0 Å². The highest BCUT2D eigenvalue weighted by Crippen LogP contribution is 2.32. The van der Waals surface area contributed by atoms with Crippen molar-refractivity contribution in [2.45, 2.75) is 65.8 Å². The maximum atomic E-state index is 13.2. The molecule has 1 aromatic carbocycles. The van der Waals surface area contributed by atoms with Gasteiger partial charge in [-0.3, -0.25) is 9.59 Å². The molecule has 2 heterocycles. The molecule has 0 radical (unpaired) electrons. The summed E-state index contributed by atoms with van der Waals surface area (Å²) in [5, 5.41) is 4.02. The molecule has 5 nitrogen and oxygen atoms in total. The summed E-state index contributed by atoms with van der Waals surface area (Å²) in [7, 11) is 0. The molecule has 2 N–H and O–H groups in total. The second kappa shape index (κ2) is 10.5. The topological polar surface area (TPSA) is 65.2 Å². The van der Waals surface area contributed by atoms with Gasteiger partial charge in [0.05, 0.1) is 0 Å². The quantitative estimate of drug-likeness (QED) is 0.578. The molecule has 0 aliphatic carbocycles. The number of benzene rings is 1. The number of nitrogens with one attached hydrogen (secondary N) is 2. The van der Waals surface area contributed by atoms with Gasteiger partial charge in [0.15, 0.2) is 5.78 Å². The van der Waals surface area contributed by atoms with E-state index in [-0.39, 0.29) is 17.8 Å². The first-order chi connectivity index (χ1) is 14.8. The van der Waals surface area contributed by atoms with E-state index in [1.54, 1.807) is 6.07 Å². The Morgan fingerprint density at radius 1 is 1.16 bits per heavy atom. The molecule has 1 aromatic heterocycles. The summed E-state index contributed by atoms with van der Waals surface area (Å²) in [6.07, 6.45) is 3.92. The third-order valence-electron chi connectivity index (χ3n) is 6.26. The molecule has 0 atom stereocenters. The first kappa shape index (κ1) is 23.6. The Bertz CT molecular complexity index is 993. The molecule has 0 unspecified atom stereocenters. The van der Waals surface area contributed by atoms with Crippen molar-refractivity contribution in [3.8, 4) is 0 Å². The average molecular weight is 444 g/mol. The van der Waals surface area contributed by atoms with Crippen molar-refractivity contribution in [3.05, 3.63) is 61.5 Å². The SMILES string of the molecule is CCCN(c1cc(Cl)cc(C(=O)CCc2c(C)cc(C)[nH]c2=O)c1C)C1CCNCC1. The van der Waals surface area contributed by atoms with Crippen LogP contribution in [0.4, 0.5) is 5.69 Å². The number of piperidine rings is 1. The lowest BCUT2D eigenvalue weighted by Crippen LogP contribution is -2.44. The highest BCUT2D eigenvalue weighted by atomic mass is 35.5. The Kier molecular flexibility index (Phi) is 7.95. The second-order valence-corrected chi connectivity index (χ2v) is 9.07. The lowest BCUT2D eigenvalue weighted by Gasteiger charge is -2.37. The number of nitrogens with zero attached hydrogens (tertiary/aromatic N) is 1. The van der Waals surface area contributed by atoms with Crippen LogP contribution in [-0.4, -0.2) is 36.4 Å². The fraction of sp³-hybridized carbons (Fsp3) is 0.520. The maximum Gasteiger partial charge on any atom is 0.251 e. The minimum absolute atomic E-state index is 0.0300. The molecular weight excluding hydrogens is 410 g/mol. The number of Topliss-reactive ketones (excluding diaryl/α,β-unsaturated/α-hetero) is 1. The molecule has 31 heavy (non-hydrogen) atoms. The van der Waals surface area contributed by atoms with Gasteiger partial charge in [-0.15, -0.1) is 0 Å². The summed E-state index contributed by atoms with van der Waals surface area (Å²) in [5.41, 5.74) is 5.05. The van der Waals surface area contributed by atoms with E-state index in [1.165, 1.54) is 0 Å². The van der Waals surface area contributed by atoms with E-state index in [2.05, 4.69) is 22.1 Å². The van der Waals surface area contributed by atoms with Crippen LogP contribution in [0.1, 0.15) is 65.3 Å². The fourth-order valence-corrected chi connectivity index (χ4v) is 4.89. The molecule has 168 valence electrons. The highest BCUT2D eigenvalue weighted by Gasteiger charge is 2.24. The summed E-state index contributed by atoms with van der Waals surface area (Å²) < 4.78 is 0. The van der Waals surface area contributed by atoms with Crippen LogP contribution in [0, 0.1) is 20.8 Å². The number of H-pyrrole nitrogens is 1. The lowest BCUT2D eigenvalue weighted by molar-refractivity contribution is 0.0982. The number of hydrogen-bond donors (Lipinski definition) is 2. The van der Waals surface area contributed by atoms with Crippen molar-refractivity contribution in [1.29, 1.82) is 0 Å². The van der Waals surface area contributed by atoms with Crippen LogP contribution < -0.4 is 15.8 Å². The number of anilines is 1. The van der Waals surface area contributed by atoms with E-state index in [4.69, 9.17) is 11.6 Å². The van der Waals surface area contributed by atoms with Gasteiger partial charge in [-0.2, -0.15) is 0 Å². The zero-order chi connectivity index (χ0) is 22.5. The van der Waals surface area contributed by atoms with Gasteiger partial charge in [0, 0.05) is 46.5 Å². The molecule has 0 bridgehead atoms. The van der Waals surface area contributed by atoms with Crippen LogP contribution in [0.25, 0.3) is 0 Å². The molecule has 1 aliphatic heterocycles. The average Bonchev–Trinajstić information content (AvgIpc) is 2.73. The van der Waals surface area contributed by atoms with Crippen LogP contribution in [-0.2, 0) is 6.42 Å². The second-order valence-electron chi connectivity index (χ2n) is 8.64.